The summed E-state index contributed by atoms with van der Waals surface area (Å²) in [6.07, 6.45) is 21.2. The Kier molecular flexibility index (Phi) is 24.3. The van der Waals surface area contributed by atoms with Crippen molar-refractivity contribution in [2.75, 3.05) is 38.5 Å². The van der Waals surface area contributed by atoms with Gasteiger partial charge in [0.2, 0.25) is 10.0 Å². The zero-order valence-corrected chi connectivity index (χ0v) is 21.8. The summed E-state index contributed by atoms with van der Waals surface area (Å²) < 4.78 is 26.8. The summed E-state index contributed by atoms with van der Waals surface area (Å²) in [4.78, 5) is 0. The molecule has 0 aromatic rings. The first kappa shape index (κ1) is 30.8. The summed E-state index contributed by atoms with van der Waals surface area (Å²) >= 11 is 0. The van der Waals surface area contributed by atoms with E-state index in [1.165, 1.54) is 83.5 Å². The van der Waals surface area contributed by atoms with Gasteiger partial charge in [-0.1, -0.05) is 97.3 Å². The fourth-order valence-electron chi connectivity index (χ4n) is 3.77. The van der Waals surface area contributed by atoms with Gasteiger partial charge in [-0.15, -0.1) is 0 Å². The molecule has 5 nitrogen and oxygen atoms in total. The van der Waals surface area contributed by atoms with Crippen molar-refractivity contribution < 1.29 is 8.42 Å². The average Bonchev–Trinajstić information content (AvgIpc) is 2.75. The molecule has 6 heteroatoms. The van der Waals surface area contributed by atoms with Crippen molar-refractivity contribution in [2.24, 2.45) is 0 Å². The summed E-state index contributed by atoms with van der Waals surface area (Å²) in [5.41, 5.74) is 0. The predicted molar refractivity (Wildman–Crippen MR) is 137 cm³/mol. The fraction of sp³-hybridized carbons (Fsp3) is 1.00. The van der Waals surface area contributed by atoms with Gasteiger partial charge in [0.25, 0.3) is 0 Å². The molecule has 0 aliphatic carbocycles. The summed E-state index contributed by atoms with van der Waals surface area (Å²) in [6.45, 7) is 8.98. The summed E-state index contributed by atoms with van der Waals surface area (Å²) in [7, 11) is -3.09. The highest BCUT2D eigenvalue weighted by molar-refractivity contribution is 7.89. The van der Waals surface area contributed by atoms with Gasteiger partial charge in [0.1, 0.15) is 0 Å². The second kappa shape index (κ2) is 24.5. The summed E-state index contributed by atoms with van der Waals surface area (Å²) in [5.74, 6) is 0.279. The molecule has 0 fully saturated rings. The first-order chi connectivity index (χ1) is 15.1. The maximum Gasteiger partial charge on any atom is 0.211 e. The third kappa shape index (κ3) is 26.0. The van der Waals surface area contributed by atoms with Crippen LogP contribution in [0.15, 0.2) is 0 Å². The maximum absolute atomic E-state index is 12.0. The zero-order valence-electron chi connectivity index (χ0n) is 21.0. The van der Waals surface area contributed by atoms with Crippen LogP contribution in [0, 0.1) is 0 Å². The van der Waals surface area contributed by atoms with Gasteiger partial charge in [-0.05, 0) is 51.9 Å². The Balaban J connectivity index is 3.30. The van der Waals surface area contributed by atoms with Gasteiger partial charge in [-0.2, -0.15) is 0 Å². The van der Waals surface area contributed by atoms with E-state index >= 15 is 0 Å². The summed E-state index contributed by atoms with van der Waals surface area (Å²) in [5, 5.41) is 6.75. The molecule has 0 saturated heterocycles. The van der Waals surface area contributed by atoms with Crippen LogP contribution >= 0.6 is 0 Å². The van der Waals surface area contributed by atoms with E-state index in [4.69, 9.17) is 0 Å². The third-order valence-corrected chi connectivity index (χ3v) is 7.22. The van der Waals surface area contributed by atoms with Crippen molar-refractivity contribution >= 4 is 10.0 Å². The van der Waals surface area contributed by atoms with Crippen LogP contribution in [0.2, 0.25) is 0 Å². The quantitative estimate of drug-likeness (QED) is 0.143. The van der Waals surface area contributed by atoms with Crippen LogP contribution in [0.4, 0.5) is 0 Å². The van der Waals surface area contributed by atoms with Crippen molar-refractivity contribution in [1.82, 2.24) is 15.4 Å². The van der Waals surface area contributed by atoms with Gasteiger partial charge < -0.3 is 10.6 Å². The Bertz CT molecular complexity index is 444. The molecule has 0 spiro atoms. The van der Waals surface area contributed by atoms with E-state index in [0.717, 1.165) is 51.9 Å². The topological polar surface area (TPSA) is 70.2 Å². The van der Waals surface area contributed by atoms with Gasteiger partial charge in [-0.25, -0.2) is 13.1 Å². The second-order valence-corrected chi connectivity index (χ2v) is 10.9. The van der Waals surface area contributed by atoms with Crippen LogP contribution < -0.4 is 15.4 Å². The van der Waals surface area contributed by atoms with Gasteiger partial charge >= 0.3 is 0 Å². The van der Waals surface area contributed by atoms with E-state index in [0.29, 0.717) is 6.54 Å². The Hall–Kier alpha value is -0.170. The highest BCUT2D eigenvalue weighted by Crippen LogP contribution is 2.13. The molecule has 3 N–H and O–H groups in total. The van der Waals surface area contributed by atoms with Crippen molar-refractivity contribution in [1.29, 1.82) is 0 Å². The highest BCUT2D eigenvalue weighted by atomic mass is 32.2. The average molecular weight is 462 g/mol. The molecule has 0 aromatic carbocycles. The van der Waals surface area contributed by atoms with E-state index in [9.17, 15) is 8.42 Å². The Morgan fingerprint density at radius 2 is 0.871 bits per heavy atom. The Morgan fingerprint density at radius 1 is 0.452 bits per heavy atom. The van der Waals surface area contributed by atoms with Crippen molar-refractivity contribution in [3.63, 3.8) is 0 Å². The Morgan fingerprint density at radius 3 is 1.35 bits per heavy atom. The predicted octanol–water partition coefficient (Wildman–Crippen LogP) is 5.76. The Labute approximate surface area is 195 Å². The van der Waals surface area contributed by atoms with Crippen molar-refractivity contribution in [3.05, 3.63) is 0 Å². The van der Waals surface area contributed by atoms with E-state index in [1.807, 2.05) is 0 Å². The lowest BCUT2D eigenvalue weighted by Crippen LogP contribution is -2.30. The first-order valence-corrected chi connectivity index (χ1v) is 15.2. The van der Waals surface area contributed by atoms with Crippen LogP contribution in [-0.2, 0) is 10.0 Å². The summed E-state index contributed by atoms with van der Waals surface area (Å²) in [6, 6.07) is 0. The van der Waals surface area contributed by atoms with E-state index in [2.05, 4.69) is 29.2 Å². The van der Waals surface area contributed by atoms with Crippen LogP contribution in [-0.4, -0.2) is 46.9 Å². The molecule has 0 atom stereocenters. The minimum absolute atomic E-state index is 0.279. The standard InChI is InChI=1S/C25H55N3O2S/c1-3-5-6-7-8-9-10-11-12-13-14-15-16-17-25-31(29,30)28-24-19-23-27-22-18-21-26-20-4-2/h26-28H,3-25H2,1-2H3. The monoisotopic (exact) mass is 461 g/mol. The lowest BCUT2D eigenvalue weighted by Gasteiger charge is -2.08. The second-order valence-electron chi connectivity index (χ2n) is 9.02. The normalized spacial score (nSPS) is 11.9. The SMILES string of the molecule is CCCCCCCCCCCCCCCCS(=O)(=O)NCCCNCCCNCCC. The van der Waals surface area contributed by atoms with E-state index in [-0.39, 0.29) is 5.75 Å². The van der Waals surface area contributed by atoms with Crippen molar-refractivity contribution in [3.8, 4) is 0 Å². The molecule has 0 unspecified atom stereocenters. The van der Waals surface area contributed by atoms with Gasteiger partial charge in [0, 0.05) is 6.54 Å². The number of nitrogens with one attached hydrogen (secondary N) is 3. The lowest BCUT2D eigenvalue weighted by atomic mass is 10.0. The molecule has 0 aliphatic rings. The van der Waals surface area contributed by atoms with Crippen LogP contribution in [0.25, 0.3) is 0 Å². The zero-order chi connectivity index (χ0) is 22.9. The molecular weight excluding hydrogens is 406 g/mol. The van der Waals surface area contributed by atoms with Gasteiger partial charge in [0.05, 0.1) is 5.75 Å². The smallest absolute Gasteiger partial charge is 0.211 e. The minimum atomic E-state index is -3.09. The number of hydrogen-bond donors (Lipinski definition) is 3. The van der Waals surface area contributed by atoms with E-state index < -0.39 is 10.0 Å². The molecule has 0 rings (SSSR count). The molecule has 0 aliphatic heterocycles. The molecule has 0 radical (unpaired) electrons. The van der Waals surface area contributed by atoms with Gasteiger partial charge in [0.15, 0.2) is 0 Å². The fourth-order valence-corrected chi connectivity index (χ4v) is 4.95. The van der Waals surface area contributed by atoms with Crippen molar-refractivity contribution in [2.45, 2.75) is 123 Å². The van der Waals surface area contributed by atoms with Crippen LogP contribution in [0.5, 0.6) is 0 Å². The molecule has 0 saturated carbocycles. The molecule has 0 bridgehead atoms. The minimum Gasteiger partial charge on any atom is -0.317 e. The van der Waals surface area contributed by atoms with E-state index in [1.54, 1.807) is 0 Å². The largest absolute Gasteiger partial charge is 0.317 e. The van der Waals surface area contributed by atoms with Gasteiger partial charge in [-0.3, -0.25) is 0 Å². The maximum atomic E-state index is 12.0. The lowest BCUT2D eigenvalue weighted by molar-refractivity contribution is 0.536. The first-order valence-electron chi connectivity index (χ1n) is 13.5. The van der Waals surface area contributed by atoms with Crippen LogP contribution in [0.1, 0.15) is 123 Å². The van der Waals surface area contributed by atoms with Crippen LogP contribution in [0.3, 0.4) is 0 Å². The number of sulfonamides is 1. The molecule has 0 amide bonds. The number of rotatable bonds is 26. The molecular formula is C25H55N3O2S. The number of hydrogen-bond acceptors (Lipinski definition) is 4. The molecule has 0 aromatic heterocycles. The molecule has 31 heavy (non-hydrogen) atoms. The highest BCUT2D eigenvalue weighted by Gasteiger charge is 2.08. The third-order valence-electron chi connectivity index (χ3n) is 5.75. The molecule has 188 valence electrons. The number of unbranched alkanes of at least 4 members (excludes halogenated alkanes) is 13. The molecule has 0 heterocycles.